The fourth-order valence-corrected chi connectivity index (χ4v) is 6.62. The zero-order chi connectivity index (χ0) is 32.2. The van der Waals surface area contributed by atoms with Crippen LogP contribution in [0.5, 0.6) is 0 Å². The number of nitrogens with two attached hydrogens (primary N) is 2. The fourth-order valence-electron chi connectivity index (χ4n) is 4.54. The van der Waals surface area contributed by atoms with E-state index in [1.165, 1.54) is 43.6 Å². The minimum atomic E-state index is 0.145. The maximum atomic E-state index is 10.5. The Kier molecular flexibility index (Phi) is 18.4. The molecule has 1 aliphatic rings. The standard InChI is InChI=1S/C14H10OS.C8H11NOS.C8H17NO.CH4N2.CH3NO/c15-8-7-10-5-6-12-11-3-1-2-4-13(11)16-14(12)9-10;1-6-3-8(11-4-6)7(2)9-5-10;1-7-4-8(6-10-3)5-9(7)2;2*2-1-3/h1-6,8-9H,7H2;3-5,7H,1-2H3,(H,9,10);7-8H,4-6H2,1-3H3;1H,(H3,2,3);1H,(H2,2,3)/t;7-;;;/m.1.../s1. The summed E-state index contributed by atoms with van der Waals surface area (Å²) in [6.07, 6.45) is 4.49. The number of nitrogens with one attached hydrogen (secondary N) is 2. The monoisotopic (exact) mass is 627 g/mol. The molecule has 1 aliphatic heterocycles. The van der Waals surface area contributed by atoms with Crippen LogP contribution in [0.15, 0.2) is 53.9 Å². The molecule has 43 heavy (non-hydrogen) atoms. The summed E-state index contributed by atoms with van der Waals surface area (Å²) in [7, 11) is 3.96. The van der Waals surface area contributed by atoms with Gasteiger partial charge in [0.25, 0.3) is 0 Å². The summed E-state index contributed by atoms with van der Waals surface area (Å²) in [4.78, 5) is 32.8. The quantitative estimate of drug-likeness (QED) is 0.124. The molecule has 2 unspecified atom stereocenters. The zero-order valence-electron chi connectivity index (χ0n) is 25.6. The van der Waals surface area contributed by atoms with Crippen LogP contribution in [-0.2, 0) is 25.5 Å². The summed E-state index contributed by atoms with van der Waals surface area (Å²) in [5.74, 6) is 0.769. The number of hydrogen-bond acceptors (Lipinski definition) is 8. The third kappa shape index (κ3) is 13.0. The molecule has 2 amide bonds. The number of primary amides is 1. The highest BCUT2D eigenvalue weighted by Gasteiger charge is 2.25. The number of ether oxygens (including phenoxy) is 1. The van der Waals surface area contributed by atoms with Gasteiger partial charge in [0.1, 0.15) is 6.29 Å². The smallest absolute Gasteiger partial charge is 0.207 e. The van der Waals surface area contributed by atoms with Crippen molar-refractivity contribution in [2.24, 2.45) is 17.4 Å². The van der Waals surface area contributed by atoms with Crippen molar-refractivity contribution in [1.29, 1.82) is 5.41 Å². The van der Waals surface area contributed by atoms with Gasteiger partial charge in [0.05, 0.1) is 19.0 Å². The zero-order valence-corrected chi connectivity index (χ0v) is 27.3. The second-order valence-electron chi connectivity index (χ2n) is 9.98. The minimum Gasteiger partial charge on any atom is -0.390 e. The number of amides is 2. The van der Waals surface area contributed by atoms with Crippen LogP contribution in [0.3, 0.4) is 0 Å². The van der Waals surface area contributed by atoms with Crippen LogP contribution in [0.4, 0.5) is 0 Å². The van der Waals surface area contributed by atoms with Crippen LogP contribution < -0.4 is 16.8 Å². The number of thiophene rings is 2. The second-order valence-corrected chi connectivity index (χ2v) is 12.0. The number of benzene rings is 2. The van der Waals surface area contributed by atoms with Crippen molar-refractivity contribution in [3.63, 3.8) is 0 Å². The molecule has 11 heteroatoms. The SMILES string of the molecule is COCC1CC(C)N(C)C1.Cc1csc([C@@H](C)NC=O)c1.N=CN.NC=O.O=CCc1ccc2c(c1)sc1ccccc12. The van der Waals surface area contributed by atoms with Crippen molar-refractivity contribution in [1.82, 2.24) is 10.2 Å². The Morgan fingerprint density at radius 2 is 1.77 bits per heavy atom. The van der Waals surface area contributed by atoms with Gasteiger partial charge >= 0.3 is 0 Å². The van der Waals surface area contributed by atoms with E-state index in [2.05, 4.69) is 83.5 Å². The summed E-state index contributed by atoms with van der Waals surface area (Å²) in [5.41, 5.74) is 10.9. The number of fused-ring (bicyclic) bond motifs is 3. The van der Waals surface area contributed by atoms with Gasteiger partial charge < -0.3 is 31.2 Å². The van der Waals surface area contributed by atoms with Gasteiger partial charge in [0, 0.05) is 51.2 Å². The molecule has 4 aromatic rings. The molecule has 0 saturated carbocycles. The Balaban J connectivity index is 0.000000304. The van der Waals surface area contributed by atoms with Crippen molar-refractivity contribution in [3.05, 3.63) is 69.9 Å². The Morgan fingerprint density at radius 1 is 1.12 bits per heavy atom. The number of aryl methyl sites for hydroxylation is 1. The third-order valence-corrected chi connectivity index (χ3v) is 9.00. The van der Waals surface area contributed by atoms with Gasteiger partial charge in [-0.25, -0.2) is 0 Å². The molecule has 2 aromatic heterocycles. The third-order valence-electron chi connectivity index (χ3n) is 6.63. The molecule has 6 N–H and O–H groups in total. The van der Waals surface area contributed by atoms with Crippen LogP contribution in [0.25, 0.3) is 20.2 Å². The molecule has 3 heterocycles. The number of carbonyl (C=O) groups excluding carboxylic acids is 3. The molecule has 2 aromatic carbocycles. The average Bonchev–Trinajstić information content (AvgIpc) is 3.67. The summed E-state index contributed by atoms with van der Waals surface area (Å²) in [6.45, 7) is 8.42. The number of likely N-dealkylation sites (tertiary alicyclic amines) is 1. The Morgan fingerprint density at radius 3 is 2.30 bits per heavy atom. The highest BCUT2D eigenvalue weighted by atomic mass is 32.1. The highest BCUT2D eigenvalue weighted by molar-refractivity contribution is 7.25. The molecule has 9 nitrogen and oxygen atoms in total. The number of aldehydes is 1. The summed E-state index contributed by atoms with van der Waals surface area (Å²) in [6, 6.07) is 17.7. The highest BCUT2D eigenvalue weighted by Crippen LogP contribution is 2.34. The Bertz CT molecular complexity index is 1370. The first kappa shape index (κ1) is 37.4. The fraction of sp³-hybridized carbons (Fsp3) is 0.375. The van der Waals surface area contributed by atoms with Crippen molar-refractivity contribution in [2.75, 3.05) is 27.3 Å². The first-order valence-electron chi connectivity index (χ1n) is 13.8. The largest absolute Gasteiger partial charge is 0.390 e. The number of hydrogen-bond donors (Lipinski definition) is 4. The Hall–Kier alpha value is -3.64. The molecular formula is C32H45N5O4S2. The lowest BCUT2D eigenvalue weighted by atomic mass is 10.1. The molecule has 3 atom stereocenters. The number of carbonyl (C=O) groups is 3. The summed E-state index contributed by atoms with van der Waals surface area (Å²) < 4.78 is 7.67. The van der Waals surface area contributed by atoms with E-state index in [0.29, 0.717) is 6.42 Å². The lowest BCUT2D eigenvalue weighted by molar-refractivity contribution is -0.110. The first-order valence-corrected chi connectivity index (χ1v) is 15.5. The molecule has 234 valence electrons. The van der Waals surface area contributed by atoms with E-state index in [4.69, 9.17) is 14.9 Å². The topological polar surface area (TPSA) is 152 Å². The summed E-state index contributed by atoms with van der Waals surface area (Å²) >= 11 is 3.46. The molecule has 1 saturated heterocycles. The van der Waals surface area contributed by atoms with E-state index in [-0.39, 0.29) is 12.5 Å². The van der Waals surface area contributed by atoms with Crippen LogP contribution in [0, 0.1) is 18.3 Å². The van der Waals surface area contributed by atoms with Crippen LogP contribution in [-0.4, -0.2) is 63.7 Å². The predicted octanol–water partition coefficient (Wildman–Crippen LogP) is 5.29. The average molecular weight is 628 g/mol. The predicted molar refractivity (Wildman–Crippen MR) is 181 cm³/mol. The van der Waals surface area contributed by atoms with Gasteiger partial charge in [-0.1, -0.05) is 30.3 Å². The lowest BCUT2D eigenvalue weighted by Crippen LogP contribution is -2.21. The van der Waals surface area contributed by atoms with E-state index < -0.39 is 0 Å². The molecule has 0 aliphatic carbocycles. The molecular weight excluding hydrogens is 583 g/mol. The van der Waals surface area contributed by atoms with E-state index in [1.807, 2.05) is 19.9 Å². The molecule has 0 bridgehead atoms. The van der Waals surface area contributed by atoms with Crippen LogP contribution in [0.1, 0.15) is 42.3 Å². The first-order chi connectivity index (χ1) is 20.7. The molecule has 1 fully saturated rings. The number of methoxy groups -OCH3 is 1. The Labute approximate surface area is 262 Å². The van der Waals surface area contributed by atoms with Gasteiger partial charge in [-0.2, -0.15) is 0 Å². The van der Waals surface area contributed by atoms with Gasteiger partial charge in [-0.15, -0.1) is 22.7 Å². The molecule has 0 radical (unpaired) electrons. The van der Waals surface area contributed by atoms with E-state index in [0.717, 1.165) is 43.2 Å². The normalized spacial score (nSPS) is 16.0. The van der Waals surface area contributed by atoms with Crippen molar-refractivity contribution >= 4 is 68.3 Å². The van der Waals surface area contributed by atoms with E-state index in [9.17, 15) is 9.59 Å². The summed E-state index contributed by atoms with van der Waals surface area (Å²) in [5, 5.41) is 13.2. The second kappa shape index (κ2) is 21.1. The van der Waals surface area contributed by atoms with Crippen molar-refractivity contribution in [2.45, 2.75) is 45.7 Å². The van der Waals surface area contributed by atoms with Crippen molar-refractivity contribution < 1.29 is 19.1 Å². The maximum absolute atomic E-state index is 10.5. The lowest BCUT2D eigenvalue weighted by Gasteiger charge is -2.12. The minimum absolute atomic E-state index is 0.145. The van der Waals surface area contributed by atoms with E-state index in [1.54, 1.807) is 29.8 Å². The van der Waals surface area contributed by atoms with Crippen LogP contribution >= 0.6 is 22.7 Å². The number of nitrogens with zero attached hydrogens (tertiary/aromatic N) is 1. The number of rotatable bonds is 7. The van der Waals surface area contributed by atoms with Gasteiger partial charge in [0.15, 0.2) is 0 Å². The van der Waals surface area contributed by atoms with Gasteiger partial charge in [0.2, 0.25) is 12.8 Å². The van der Waals surface area contributed by atoms with Crippen molar-refractivity contribution in [3.8, 4) is 0 Å². The van der Waals surface area contributed by atoms with Gasteiger partial charge in [-0.05, 0) is 74.9 Å². The maximum Gasteiger partial charge on any atom is 0.207 e. The molecule has 5 rings (SSSR count). The van der Waals surface area contributed by atoms with Crippen LogP contribution in [0.2, 0.25) is 0 Å². The van der Waals surface area contributed by atoms with Gasteiger partial charge in [-0.3, -0.25) is 15.0 Å². The molecule has 0 spiro atoms. The van der Waals surface area contributed by atoms with E-state index >= 15 is 0 Å².